The molecule has 4 nitrogen and oxygen atoms in total. The molecule has 2 aromatic rings. The minimum atomic E-state index is 0.466. The van der Waals surface area contributed by atoms with Crippen LogP contribution in [0.3, 0.4) is 0 Å². The van der Waals surface area contributed by atoms with Gasteiger partial charge in [0, 0.05) is 24.7 Å². The number of aromatic nitrogens is 2. The SMILES string of the molecule is Cn1cc(CCOc2ccc(Cl)cc2C=O)cn1. The first-order chi connectivity index (χ1) is 8.69. The molecule has 94 valence electrons. The summed E-state index contributed by atoms with van der Waals surface area (Å²) in [6.45, 7) is 0.494. The maximum atomic E-state index is 10.9. The number of halogens is 1. The van der Waals surface area contributed by atoms with E-state index in [1.807, 2.05) is 13.2 Å². The van der Waals surface area contributed by atoms with Crippen molar-refractivity contribution >= 4 is 17.9 Å². The molecule has 0 saturated heterocycles. The quantitative estimate of drug-likeness (QED) is 0.780. The first-order valence-corrected chi connectivity index (χ1v) is 5.92. The van der Waals surface area contributed by atoms with Gasteiger partial charge in [-0.1, -0.05) is 11.6 Å². The molecule has 18 heavy (non-hydrogen) atoms. The Kier molecular flexibility index (Phi) is 3.99. The van der Waals surface area contributed by atoms with Crippen LogP contribution in [-0.2, 0) is 13.5 Å². The third-order valence-electron chi connectivity index (χ3n) is 2.51. The topological polar surface area (TPSA) is 44.1 Å². The summed E-state index contributed by atoms with van der Waals surface area (Å²) < 4.78 is 7.31. The van der Waals surface area contributed by atoms with Crippen LogP contribution in [0.2, 0.25) is 5.02 Å². The number of rotatable bonds is 5. The van der Waals surface area contributed by atoms with Gasteiger partial charge in [-0.05, 0) is 23.8 Å². The number of carbonyl (C=O) groups is 1. The second-order valence-corrected chi connectivity index (χ2v) is 4.36. The second kappa shape index (κ2) is 5.69. The molecule has 0 aliphatic rings. The van der Waals surface area contributed by atoms with E-state index in [4.69, 9.17) is 16.3 Å². The van der Waals surface area contributed by atoms with Gasteiger partial charge in [0.15, 0.2) is 6.29 Å². The Hall–Kier alpha value is -1.81. The number of ether oxygens (including phenoxy) is 1. The van der Waals surface area contributed by atoms with Gasteiger partial charge in [0.05, 0.1) is 18.4 Å². The third kappa shape index (κ3) is 3.11. The number of aldehydes is 1. The van der Waals surface area contributed by atoms with E-state index >= 15 is 0 Å². The molecule has 0 radical (unpaired) electrons. The van der Waals surface area contributed by atoms with Gasteiger partial charge in [0.1, 0.15) is 5.75 Å². The van der Waals surface area contributed by atoms with Crippen LogP contribution in [0.15, 0.2) is 30.6 Å². The van der Waals surface area contributed by atoms with Crippen molar-refractivity contribution in [2.75, 3.05) is 6.61 Å². The lowest BCUT2D eigenvalue weighted by Gasteiger charge is -2.07. The number of hydrogen-bond acceptors (Lipinski definition) is 3. The molecule has 1 aromatic heterocycles. The van der Waals surface area contributed by atoms with E-state index in [0.717, 1.165) is 18.3 Å². The Morgan fingerprint density at radius 1 is 1.50 bits per heavy atom. The molecule has 0 aliphatic carbocycles. The molecule has 0 unspecified atom stereocenters. The molecule has 0 amide bonds. The Bertz CT molecular complexity index is 552. The van der Waals surface area contributed by atoms with E-state index < -0.39 is 0 Å². The molecular weight excluding hydrogens is 252 g/mol. The molecule has 0 spiro atoms. The summed E-state index contributed by atoms with van der Waals surface area (Å²) >= 11 is 5.80. The second-order valence-electron chi connectivity index (χ2n) is 3.92. The summed E-state index contributed by atoms with van der Waals surface area (Å²) in [7, 11) is 1.87. The van der Waals surface area contributed by atoms with E-state index in [-0.39, 0.29) is 0 Å². The normalized spacial score (nSPS) is 10.3. The fourth-order valence-electron chi connectivity index (χ4n) is 1.62. The highest BCUT2D eigenvalue weighted by Crippen LogP contribution is 2.21. The Labute approximate surface area is 110 Å². The van der Waals surface area contributed by atoms with E-state index in [0.29, 0.717) is 22.9 Å². The summed E-state index contributed by atoms with van der Waals surface area (Å²) in [5.41, 5.74) is 1.56. The maximum Gasteiger partial charge on any atom is 0.153 e. The minimum Gasteiger partial charge on any atom is -0.492 e. The average molecular weight is 265 g/mol. The number of carbonyl (C=O) groups excluding carboxylic acids is 1. The van der Waals surface area contributed by atoms with Crippen LogP contribution in [0.5, 0.6) is 5.75 Å². The average Bonchev–Trinajstić information content (AvgIpc) is 2.77. The smallest absolute Gasteiger partial charge is 0.153 e. The molecule has 1 heterocycles. The Morgan fingerprint density at radius 2 is 2.33 bits per heavy atom. The van der Waals surface area contributed by atoms with Crippen LogP contribution in [0.4, 0.5) is 0 Å². The van der Waals surface area contributed by atoms with Gasteiger partial charge in [-0.2, -0.15) is 5.10 Å². The van der Waals surface area contributed by atoms with Crippen molar-refractivity contribution in [1.29, 1.82) is 0 Å². The van der Waals surface area contributed by atoms with Crippen molar-refractivity contribution in [2.24, 2.45) is 7.05 Å². The number of aryl methyl sites for hydroxylation is 1. The van der Waals surface area contributed by atoms with Gasteiger partial charge < -0.3 is 4.74 Å². The molecular formula is C13H13ClN2O2. The fourth-order valence-corrected chi connectivity index (χ4v) is 1.80. The summed E-state index contributed by atoms with van der Waals surface area (Å²) in [6, 6.07) is 5.00. The van der Waals surface area contributed by atoms with Crippen molar-refractivity contribution in [3.63, 3.8) is 0 Å². The van der Waals surface area contributed by atoms with Crippen LogP contribution < -0.4 is 4.74 Å². The van der Waals surface area contributed by atoms with Crippen molar-refractivity contribution in [1.82, 2.24) is 9.78 Å². The predicted octanol–water partition coefficient (Wildman–Crippen LogP) is 2.51. The first-order valence-electron chi connectivity index (χ1n) is 5.54. The van der Waals surface area contributed by atoms with Crippen LogP contribution in [-0.4, -0.2) is 22.7 Å². The highest BCUT2D eigenvalue weighted by molar-refractivity contribution is 6.30. The molecule has 0 fully saturated rings. The van der Waals surface area contributed by atoms with Crippen LogP contribution in [0, 0.1) is 0 Å². The fraction of sp³-hybridized carbons (Fsp3) is 0.231. The minimum absolute atomic E-state index is 0.466. The lowest BCUT2D eigenvalue weighted by Crippen LogP contribution is -2.02. The highest BCUT2D eigenvalue weighted by atomic mass is 35.5. The van der Waals surface area contributed by atoms with Gasteiger partial charge in [0.25, 0.3) is 0 Å². The molecule has 0 saturated carbocycles. The zero-order chi connectivity index (χ0) is 13.0. The summed E-state index contributed by atoms with van der Waals surface area (Å²) in [5, 5.41) is 4.60. The third-order valence-corrected chi connectivity index (χ3v) is 2.74. The molecule has 5 heteroatoms. The van der Waals surface area contributed by atoms with Crippen LogP contribution >= 0.6 is 11.6 Å². The zero-order valence-corrected chi connectivity index (χ0v) is 10.7. The Morgan fingerprint density at radius 3 is 3.00 bits per heavy atom. The zero-order valence-electron chi connectivity index (χ0n) is 9.97. The van der Waals surface area contributed by atoms with Crippen LogP contribution in [0.25, 0.3) is 0 Å². The summed E-state index contributed by atoms with van der Waals surface area (Å²) in [4.78, 5) is 10.9. The number of hydrogen-bond donors (Lipinski definition) is 0. The lowest BCUT2D eigenvalue weighted by atomic mass is 10.2. The van der Waals surface area contributed by atoms with E-state index in [9.17, 15) is 4.79 Å². The van der Waals surface area contributed by atoms with Gasteiger partial charge >= 0.3 is 0 Å². The maximum absolute atomic E-state index is 10.9. The predicted molar refractivity (Wildman–Crippen MR) is 69.2 cm³/mol. The highest BCUT2D eigenvalue weighted by Gasteiger charge is 2.04. The van der Waals surface area contributed by atoms with Gasteiger partial charge in [0.2, 0.25) is 0 Å². The van der Waals surface area contributed by atoms with E-state index in [1.54, 1.807) is 29.1 Å². The molecule has 0 bridgehead atoms. The number of nitrogens with zero attached hydrogens (tertiary/aromatic N) is 2. The van der Waals surface area contributed by atoms with Crippen molar-refractivity contribution in [3.05, 3.63) is 46.7 Å². The lowest BCUT2D eigenvalue weighted by molar-refractivity contribution is 0.111. The first kappa shape index (κ1) is 12.6. The van der Waals surface area contributed by atoms with Crippen molar-refractivity contribution in [3.8, 4) is 5.75 Å². The van der Waals surface area contributed by atoms with Crippen molar-refractivity contribution in [2.45, 2.75) is 6.42 Å². The molecule has 0 aliphatic heterocycles. The van der Waals surface area contributed by atoms with Gasteiger partial charge in [-0.25, -0.2) is 0 Å². The van der Waals surface area contributed by atoms with E-state index in [1.165, 1.54) is 0 Å². The monoisotopic (exact) mass is 264 g/mol. The van der Waals surface area contributed by atoms with E-state index in [2.05, 4.69) is 5.10 Å². The molecule has 0 atom stereocenters. The largest absolute Gasteiger partial charge is 0.492 e. The van der Waals surface area contributed by atoms with Crippen molar-refractivity contribution < 1.29 is 9.53 Å². The Balaban J connectivity index is 1.96. The van der Waals surface area contributed by atoms with Gasteiger partial charge in [-0.3, -0.25) is 9.48 Å². The van der Waals surface area contributed by atoms with Gasteiger partial charge in [-0.15, -0.1) is 0 Å². The van der Waals surface area contributed by atoms with Crippen LogP contribution in [0.1, 0.15) is 15.9 Å². The number of benzene rings is 1. The molecule has 0 N–H and O–H groups in total. The molecule has 2 rings (SSSR count). The molecule has 1 aromatic carbocycles. The summed E-state index contributed by atoms with van der Waals surface area (Å²) in [6.07, 6.45) is 5.22. The standard InChI is InChI=1S/C13H13ClN2O2/c1-16-8-10(7-15-16)4-5-18-13-3-2-12(14)6-11(13)9-17/h2-3,6-9H,4-5H2,1H3. The summed E-state index contributed by atoms with van der Waals surface area (Å²) in [5.74, 6) is 0.554.